The Bertz CT molecular complexity index is 1090. The molecule has 0 saturated carbocycles. The predicted molar refractivity (Wildman–Crippen MR) is 136 cm³/mol. The van der Waals surface area contributed by atoms with Crippen molar-refractivity contribution in [1.82, 2.24) is 5.43 Å². The zero-order chi connectivity index (χ0) is 22.4. The number of ether oxygens (including phenoxy) is 1. The molecule has 160 valence electrons. The standard InChI is InChI=1S/C24H21Br3N2O2/c1-15-3-6-19(16(2)9-15)12-23(30)29-28-13-18-10-21(26)24(22(27)11-18)31-14-17-4-7-20(25)8-5-17/h3-11,13H,12,14H2,1-2H3,(H,29,30)/b28-13-. The average molecular weight is 609 g/mol. The number of nitrogens with one attached hydrogen (secondary N) is 1. The summed E-state index contributed by atoms with van der Waals surface area (Å²) in [4.78, 5) is 12.2. The molecule has 0 unspecified atom stereocenters. The van der Waals surface area contributed by atoms with Gasteiger partial charge in [0, 0.05) is 4.47 Å². The third kappa shape index (κ3) is 7.02. The molecule has 3 aromatic rings. The summed E-state index contributed by atoms with van der Waals surface area (Å²) in [6.07, 6.45) is 1.90. The molecule has 0 heterocycles. The van der Waals surface area contributed by atoms with Crippen LogP contribution in [0, 0.1) is 13.8 Å². The summed E-state index contributed by atoms with van der Waals surface area (Å²) in [5.41, 5.74) is 7.76. The lowest BCUT2D eigenvalue weighted by Crippen LogP contribution is -2.20. The summed E-state index contributed by atoms with van der Waals surface area (Å²) < 4.78 is 8.57. The van der Waals surface area contributed by atoms with Gasteiger partial charge < -0.3 is 4.74 Å². The van der Waals surface area contributed by atoms with Crippen molar-refractivity contribution in [1.29, 1.82) is 0 Å². The maximum Gasteiger partial charge on any atom is 0.244 e. The van der Waals surface area contributed by atoms with Gasteiger partial charge in [-0.3, -0.25) is 4.79 Å². The Hall–Kier alpha value is -1.96. The van der Waals surface area contributed by atoms with E-state index in [1.807, 2.05) is 62.4 Å². The largest absolute Gasteiger partial charge is 0.487 e. The highest BCUT2D eigenvalue weighted by Gasteiger charge is 2.10. The first kappa shape index (κ1) is 23.7. The van der Waals surface area contributed by atoms with E-state index < -0.39 is 0 Å². The Balaban J connectivity index is 1.59. The average Bonchev–Trinajstić information content (AvgIpc) is 2.71. The van der Waals surface area contributed by atoms with Gasteiger partial charge in [0.05, 0.1) is 21.6 Å². The van der Waals surface area contributed by atoms with Gasteiger partial charge in [-0.1, -0.05) is 51.8 Å². The van der Waals surface area contributed by atoms with Gasteiger partial charge >= 0.3 is 0 Å². The SMILES string of the molecule is Cc1ccc(CC(=O)N/N=C\c2cc(Br)c(OCc3ccc(Br)cc3)c(Br)c2)c(C)c1. The minimum atomic E-state index is -0.157. The molecule has 3 rings (SSSR count). The first-order valence-electron chi connectivity index (χ1n) is 9.56. The summed E-state index contributed by atoms with van der Waals surface area (Å²) in [5.74, 6) is 0.551. The molecule has 0 atom stereocenters. The van der Waals surface area contributed by atoms with Crippen LogP contribution in [0.15, 0.2) is 73.1 Å². The van der Waals surface area contributed by atoms with E-state index >= 15 is 0 Å². The number of rotatable bonds is 7. The van der Waals surface area contributed by atoms with Crippen LogP contribution >= 0.6 is 47.8 Å². The second-order valence-corrected chi connectivity index (χ2v) is 9.75. The Morgan fingerprint density at radius 1 is 1.00 bits per heavy atom. The second kappa shape index (κ2) is 11.1. The van der Waals surface area contributed by atoms with Gasteiger partial charge in [-0.15, -0.1) is 0 Å². The number of benzene rings is 3. The maximum absolute atomic E-state index is 12.2. The van der Waals surface area contributed by atoms with Crippen molar-refractivity contribution in [2.75, 3.05) is 0 Å². The molecule has 0 saturated heterocycles. The molecule has 0 radical (unpaired) electrons. The van der Waals surface area contributed by atoms with Gasteiger partial charge in [0.15, 0.2) is 0 Å². The number of carbonyl (C=O) groups is 1. The monoisotopic (exact) mass is 606 g/mol. The van der Waals surface area contributed by atoms with E-state index in [-0.39, 0.29) is 5.91 Å². The van der Waals surface area contributed by atoms with Gasteiger partial charge in [-0.05, 0) is 92.2 Å². The van der Waals surface area contributed by atoms with Crippen molar-refractivity contribution >= 4 is 59.9 Å². The molecule has 0 bridgehead atoms. The van der Waals surface area contributed by atoms with E-state index in [1.165, 1.54) is 5.56 Å². The highest BCUT2D eigenvalue weighted by atomic mass is 79.9. The van der Waals surface area contributed by atoms with Crippen LogP contribution in [0.4, 0.5) is 0 Å². The van der Waals surface area contributed by atoms with E-state index in [2.05, 4.69) is 64.4 Å². The number of aryl methyl sites for hydroxylation is 2. The second-order valence-electron chi connectivity index (χ2n) is 7.13. The fraction of sp³-hybridized carbons (Fsp3) is 0.167. The van der Waals surface area contributed by atoms with E-state index in [9.17, 15) is 4.79 Å². The zero-order valence-electron chi connectivity index (χ0n) is 17.1. The number of hydrogen-bond acceptors (Lipinski definition) is 3. The molecule has 1 amide bonds. The van der Waals surface area contributed by atoms with Crippen molar-refractivity contribution in [3.63, 3.8) is 0 Å². The van der Waals surface area contributed by atoms with E-state index in [0.717, 1.165) is 35.7 Å². The summed E-state index contributed by atoms with van der Waals surface area (Å²) in [6.45, 7) is 4.50. The molecule has 0 aliphatic heterocycles. The smallest absolute Gasteiger partial charge is 0.244 e. The molecule has 0 aliphatic carbocycles. The van der Waals surface area contributed by atoms with E-state index in [0.29, 0.717) is 18.8 Å². The van der Waals surface area contributed by atoms with Crippen LogP contribution in [-0.4, -0.2) is 12.1 Å². The fourth-order valence-electron chi connectivity index (χ4n) is 2.96. The lowest BCUT2D eigenvalue weighted by atomic mass is 10.0. The predicted octanol–water partition coefficient (Wildman–Crippen LogP) is 6.86. The highest BCUT2D eigenvalue weighted by molar-refractivity contribution is 9.11. The number of hydrazone groups is 1. The van der Waals surface area contributed by atoms with Crippen molar-refractivity contribution in [3.8, 4) is 5.75 Å². The molecular formula is C24H21Br3N2O2. The molecular weight excluding hydrogens is 588 g/mol. The molecule has 0 aliphatic rings. The van der Waals surface area contributed by atoms with Crippen LogP contribution in [0.3, 0.4) is 0 Å². The topological polar surface area (TPSA) is 50.7 Å². The fourth-order valence-corrected chi connectivity index (χ4v) is 4.68. The summed E-state index contributed by atoms with van der Waals surface area (Å²) in [7, 11) is 0. The quantitative estimate of drug-likeness (QED) is 0.235. The molecule has 31 heavy (non-hydrogen) atoms. The molecule has 0 spiro atoms. The summed E-state index contributed by atoms with van der Waals surface area (Å²) >= 11 is 10.5. The van der Waals surface area contributed by atoms with Gasteiger partial charge in [0.2, 0.25) is 5.91 Å². The van der Waals surface area contributed by atoms with Gasteiger partial charge in [0.25, 0.3) is 0 Å². The van der Waals surface area contributed by atoms with Crippen molar-refractivity contribution in [2.24, 2.45) is 5.10 Å². The molecule has 0 aromatic heterocycles. The van der Waals surface area contributed by atoms with Crippen LogP contribution in [-0.2, 0) is 17.8 Å². The van der Waals surface area contributed by atoms with Gasteiger partial charge in [0.1, 0.15) is 12.4 Å². The number of hydrogen-bond donors (Lipinski definition) is 1. The van der Waals surface area contributed by atoms with Crippen LogP contribution in [0.25, 0.3) is 0 Å². The normalized spacial score (nSPS) is 11.0. The molecule has 3 aromatic carbocycles. The summed E-state index contributed by atoms with van der Waals surface area (Å²) in [6, 6.07) is 17.8. The van der Waals surface area contributed by atoms with Gasteiger partial charge in [-0.2, -0.15) is 5.10 Å². The van der Waals surface area contributed by atoms with Crippen LogP contribution in [0.2, 0.25) is 0 Å². The molecule has 0 fully saturated rings. The third-order valence-corrected chi connectivity index (χ3v) is 6.28. The first-order valence-corrected chi connectivity index (χ1v) is 11.9. The summed E-state index contributed by atoms with van der Waals surface area (Å²) in [5, 5.41) is 4.09. The Morgan fingerprint density at radius 2 is 1.68 bits per heavy atom. The van der Waals surface area contributed by atoms with Crippen LogP contribution in [0.5, 0.6) is 5.75 Å². The van der Waals surface area contributed by atoms with Crippen LogP contribution in [0.1, 0.15) is 27.8 Å². The number of nitrogens with zero attached hydrogens (tertiary/aromatic N) is 1. The molecule has 1 N–H and O–H groups in total. The molecule has 4 nitrogen and oxygen atoms in total. The third-order valence-electron chi connectivity index (χ3n) is 4.57. The maximum atomic E-state index is 12.2. The Kier molecular flexibility index (Phi) is 8.46. The first-order chi connectivity index (χ1) is 14.8. The number of halogens is 3. The van der Waals surface area contributed by atoms with E-state index in [1.54, 1.807) is 6.21 Å². The number of carbonyl (C=O) groups excluding carboxylic acids is 1. The van der Waals surface area contributed by atoms with Crippen molar-refractivity contribution in [2.45, 2.75) is 26.9 Å². The van der Waals surface area contributed by atoms with Crippen molar-refractivity contribution < 1.29 is 9.53 Å². The number of amides is 1. The Labute approximate surface area is 207 Å². The minimum absolute atomic E-state index is 0.157. The zero-order valence-corrected chi connectivity index (χ0v) is 21.8. The lowest BCUT2D eigenvalue weighted by molar-refractivity contribution is -0.120. The van der Waals surface area contributed by atoms with Gasteiger partial charge in [-0.25, -0.2) is 5.43 Å². The molecule has 7 heteroatoms. The highest BCUT2D eigenvalue weighted by Crippen LogP contribution is 2.35. The van der Waals surface area contributed by atoms with Crippen molar-refractivity contribution in [3.05, 3.63) is 95.8 Å². The van der Waals surface area contributed by atoms with E-state index in [4.69, 9.17) is 4.74 Å². The Morgan fingerprint density at radius 3 is 2.32 bits per heavy atom. The van der Waals surface area contributed by atoms with Crippen LogP contribution < -0.4 is 10.2 Å². The minimum Gasteiger partial charge on any atom is -0.487 e. The lowest BCUT2D eigenvalue weighted by Gasteiger charge is -2.11.